The smallest absolute Gasteiger partial charge is 0.253 e. The fourth-order valence-electron chi connectivity index (χ4n) is 3.25. The van der Waals surface area contributed by atoms with Gasteiger partial charge in [0.2, 0.25) is 0 Å². The van der Waals surface area contributed by atoms with Crippen LogP contribution in [0.5, 0.6) is 0 Å². The largest absolute Gasteiger partial charge is 0.337 e. The molecule has 3 rings (SSSR count). The third kappa shape index (κ3) is 3.78. The van der Waals surface area contributed by atoms with Crippen LogP contribution in [0.15, 0.2) is 48.5 Å². The van der Waals surface area contributed by atoms with Gasteiger partial charge in [-0.2, -0.15) is 5.10 Å². The Labute approximate surface area is 160 Å². The Morgan fingerprint density at radius 2 is 1.74 bits per heavy atom. The molecule has 0 unspecified atom stereocenters. The maximum Gasteiger partial charge on any atom is 0.253 e. The van der Waals surface area contributed by atoms with Crippen LogP contribution in [0.1, 0.15) is 38.4 Å². The van der Waals surface area contributed by atoms with E-state index in [2.05, 4.69) is 26.0 Å². The standard InChI is InChI=1S/C22H26N4O/c1-15-7-5-6-8-21(15)26-17(3)20(16(2)24-26)14-25(4)22(27)19-11-9-18(13-23)10-12-19/h5-12H,13-14,23H2,1-4H3. The summed E-state index contributed by atoms with van der Waals surface area (Å²) >= 11 is 0. The van der Waals surface area contributed by atoms with Gasteiger partial charge in [0.25, 0.3) is 5.91 Å². The van der Waals surface area contributed by atoms with Crippen LogP contribution in [0.4, 0.5) is 0 Å². The number of aryl methyl sites for hydroxylation is 2. The zero-order valence-corrected chi connectivity index (χ0v) is 16.4. The van der Waals surface area contributed by atoms with E-state index in [1.165, 1.54) is 5.56 Å². The predicted octanol–water partition coefficient (Wildman–Crippen LogP) is 3.53. The number of para-hydroxylation sites is 1. The Bertz CT molecular complexity index is 957. The monoisotopic (exact) mass is 362 g/mol. The summed E-state index contributed by atoms with van der Waals surface area (Å²) in [6.07, 6.45) is 0. The molecule has 0 bridgehead atoms. The fourth-order valence-corrected chi connectivity index (χ4v) is 3.25. The van der Waals surface area contributed by atoms with Crippen molar-refractivity contribution in [1.29, 1.82) is 0 Å². The summed E-state index contributed by atoms with van der Waals surface area (Å²) in [7, 11) is 1.82. The average molecular weight is 362 g/mol. The van der Waals surface area contributed by atoms with Gasteiger partial charge in [-0.25, -0.2) is 4.68 Å². The molecule has 27 heavy (non-hydrogen) atoms. The normalized spacial score (nSPS) is 10.9. The lowest BCUT2D eigenvalue weighted by atomic mass is 10.1. The molecule has 2 aromatic carbocycles. The van der Waals surface area contributed by atoms with Gasteiger partial charge < -0.3 is 10.6 Å². The molecule has 0 fully saturated rings. The Morgan fingerprint density at radius 3 is 2.37 bits per heavy atom. The van der Waals surface area contributed by atoms with E-state index in [4.69, 9.17) is 10.8 Å². The van der Waals surface area contributed by atoms with E-state index < -0.39 is 0 Å². The Morgan fingerprint density at radius 1 is 1.07 bits per heavy atom. The first-order chi connectivity index (χ1) is 12.9. The zero-order valence-electron chi connectivity index (χ0n) is 16.4. The molecule has 5 nitrogen and oxygen atoms in total. The van der Waals surface area contributed by atoms with Gasteiger partial charge in [-0.15, -0.1) is 0 Å². The summed E-state index contributed by atoms with van der Waals surface area (Å²) in [4.78, 5) is 14.5. The van der Waals surface area contributed by atoms with Crippen molar-refractivity contribution >= 4 is 5.91 Å². The number of carbonyl (C=O) groups is 1. The third-order valence-electron chi connectivity index (χ3n) is 4.96. The highest BCUT2D eigenvalue weighted by Gasteiger charge is 2.18. The van der Waals surface area contributed by atoms with Crippen LogP contribution in [0, 0.1) is 20.8 Å². The number of nitrogens with two attached hydrogens (primary N) is 1. The van der Waals surface area contributed by atoms with Crippen LogP contribution in [0.25, 0.3) is 5.69 Å². The minimum atomic E-state index is -0.0130. The molecule has 0 spiro atoms. The van der Waals surface area contributed by atoms with Crippen molar-refractivity contribution < 1.29 is 4.79 Å². The van der Waals surface area contributed by atoms with E-state index in [1.807, 2.05) is 55.1 Å². The highest BCUT2D eigenvalue weighted by atomic mass is 16.2. The summed E-state index contributed by atoms with van der Waals surface area (Å²) in [6, 6.07) is 15.6. The van der Waals surface area contributed by atoms with Crippen molar-refractivity contribution in [2.24, 2.45) is 5.73 Å². The molecule has 0 aliphatic rings. The number of aromatic nitrogens is 2. The molecule has 2 N–H and O–H groups in total. The Balaban J connectivity index is 1.85. The molecule has 0 aliphatic carbocycles. The Hall–Kier alpha value is -2.92. The van der Waals surface area contributed by atoms with Crippen LogP contribution in [0.3, 0.4) is 0 Å². The number of rotatable bonds is 5. The molecule has 0 radical (unpaired) electrons. The number of carbonyl (C=O) groups excluding carboxylic acids is 1. The van der Waals surface area contributed by atoms with Gasteiger partial charge in [-0.05, 0) is 50.1 Å². The molecule has 0 saturated carbocycles. The van der Waals surface area contributed by atoms with Crippen molar-refractivity contribution in [1.82, 2.24) is 14.7 Å². The minimum absolute atomic E-state index is 0.0130. The Kier molecular flexibility index (Phi) is 5.42. The quantitative estimate of drug-likeness (QED) is 0.755. The molecule has 1 aromatic heterocycles. The van der Waals surface area contributed by atoms with Crippen LogP contribution < -0.4 is 5.73 Å². The van der Waals surface area contributed by atoms with E-state index in [0.29, 0.717) is 18.7 Å². The molecular formula is C22H26N4O. The molecule has 0 aliphatic heterocycles. The van der Waals surface area contributed by atoms with E-state index >= 15 is 0 Å². The lowest BCUT2D eigenvalue weighted by Gasteiger charge is -2.18. The SMILES string of the molecule is Cc1ccccc1-n1nc(C)c(CN(C)C(=O)c2ccc(CN)cc2)c1C. The second-order valence-corrected chi connectivity index (χ2v) is 6.91. The molecule has 140 valence electrons. The van der Waals surface area contributed by atoms with Gasteiger partial charge in [0.05, 0.1) is 11.4 Å². The van der Waals surface area contributed by atoms with E-state index in [-0.39, 0.29) is 5.91 Å². The summed E-state index contributed by atoms with van der Waals surface area (Å²) in [5.41, 5.74) is 12.6. The van der Waals surface area contributed by atoms with Crippen molar-refractivity contribution in [2.75, 3.05) is 7.05 Å². The van der Waals surface area contributed by atoms with Crippen molar-refractivity contribution in [3.05, 3.63) is 82.2 Å². The van der Waals surface area contributed by atoms with E-state index in [0.717, 1.165) is 28.2 Å². The molecule has 1 amide bonds. The highest BCUT2D eigenvalue weighted by molar-refractivity contribution is 5.94. The van der Waals surface area contributed by atoms with Crippen LogP contribution in [-0.4, -0.2) is 27.6 Å². The number of benzene rings is 2. The van der Waals surface area contributed by atoms with Gasteiger partial charge in [0.1, 0.15) is 0 Å². The van der Waals surface area contributed by atoms with Crippen LogP contribution >= 0.6 is 0 Å². The minimum Gasteiger partial charge on any atom is -0.337 e. The maximum atomic E-state index is 12.8. The van der Waals surface area contributed by atoms with Crippen molar-refractivity contribution in [2.45, 2.75) is 33.9 Å². The van der Waals surface area contributed by atoms with Gasteiger partial charge in [0.15, 0.2) is 0 Å². The summed E-state index contributed by atoms with van der Waals surface area (Å²) in [5, 5.41) is 4.71. The number of hydrogen-bond acceptors (Lipinski definition) is 3. The summed E-state index contributed by atoms with van der Waals surface area (Å²) < 4.78 is 1.97. The lowest BCUT2D eigenvalue weighted by molar-refractivity contribution is 0.0784. The van der Waals surface area contributed by atoms with E-state index in [9.17, 15) is 4.79 Å². The van der Waals surface area contributed by atoms with Crippen molar-refractivity contribution in [3.63, 3.8) is 0 Å². The fraction of sp³-hybridized carbons (Fsp3) is 0.273. The first-order valence-electron chi connectivity index (χ1n) is 9.08. The van der Waals surface area contributed by atoms with Gasteiger partial charge >= 0.3 is 0 Å². The molecule has 0 atom stereocenters. The molecular weight excluding hydrogens is 336 g/mol. The maximum absolute atomic E-state index is 12.8. The lowest BCUT2D eigenvalue weighted by Crippen LogP contribution is -2.26. The summed E-state index contributed by atoms with van der Waals surface area (Å²) in [5.74, 6) is -0.0130. The van der Waals surface area contributed by atoms with Gasteiger partial charge in [-0.3, -0.25) is 4.79 Å². The number of hydrogen-bond donors (Lipinski definition) is 1. The first-order valence-corrected chi connectivity index (χ1v) is 9.08. The van der Waals surface area contributed by atoms with Crippen LogP contribution in [-0.2, 0) is 13.1 Å². The third-order valence-corrected chi connectivity index (χ3v) is 4.96. The number of amides is 1. The first kappa shape index (κ1) is 18.9. The molecule has 1 heterocycles. The van der Waals surface area contributed by atoms with Crippen molar-refractivity contribution in [3.8, 4) is 5.69 Å². The second kappa shape index (κ2) is 7.76. The average Bonchev–Trinajstić information content (AvgIpc) is 2.96. The van der Waals surface area contributed by atoms with Gasteiger partial charge in [-0.1, -0.05) is 30.3 Å². The molecule has 5 heteroatoms. The molecule has 0 saturated heterocycles. The van der Waals surface area contributed by atoms with Crippen LogP contribution in [0.2, 0.25) is 0 Å². The zero-order chi connectivity index (χ0) is 19.6. The number of nitrogens with zero attached hydrogens (tertiary/aromatic N) is 3. The van der Waals surface area contributed by atoms with Gasteiger partial charge in [0, 0.05) is 37.0 Å². The molecule has 3 aromatic rings. The predicted molar refractivity (Wildman–Crippen MR) is 108 cm³/mol. The highest BCUT2D eigenvalue weighted by Crippen LogP contribution is 2.22. The second-order valence-electron chi connectivity index (χ2n) is 6.91. The van der Waals surface area contributed by atoms with E-state index in [1.54, 1.807) is 4.90 Å². The summed E-state index contributed by atoms with van der Waals surface area (Å²) in [6.45, 7) is 7.11. The topological polar surface area (TPSA) is 64.2 Å².